The molecule has 0 saturated carbocycles. The maximum absolute atomic E-state index is 13.9. The third-order valence-corrected chi connectivity index (χ3v) is 7.13. The number of benzene rings is 3. The number of carbonyl (C=O) groups is 2. The Morgan fingerprint density at radius 2 is 1.47 bits per heavy atom. The first kappa shape index (κ1) is 25.2. The fraction of sp³-hybridized carbons (Fsp3) is 0.267. The van der Waals surface area contributed by atoms with Gasteiger partial charge in [0, 0.05) is 17.7 Å². The molecule has 8 heteroatoms. The lowest BCUT2D eigenvalue weighted by Gasteiger charge is -2.30. The van der Waals surface area contributed by atoms with Gasteiger partial charge in [-0.05, 0) is 59.9 Å². The molecule has 2 unspecified atom stereocenters. The fourth-order valence-electron chi connectivity index (χ4n) is 5.24. The maximum atomic E-state index is 13.9. The first-order valence-electron chi connectivity index (χ1n) is 12.3. The minimum atomic E-state index is -0.403. The number of Topliss-reactive ketones (excluding diaryl/α,β-unsaturated/α-hetero) is 1. The molecule has 0 fully saturated rings. The van der Waals surface area contributed by atoms with Crippen LogP contribution < -0.4 is 24.8 Å². The van der Waals surface area contributed by atoms with Crippen molar-refractivity contribution in [1.82, 2.24) is 0 Å². The third-order valence-electron chi connectivity index (χ3n) is 7.13. The van der Waals surface area contributed by atoms with Crippen molar-refractivity contribution in [2.75, 3.05) is 39.1 Å². The minimum Gasteiger partial charge on any atom is -0.493 e. The van der Waals surface area contributed by atoms with Crippen molar-refractivity contribution in [3.8, 4) is 17.2 Å². The number of anilines is 2. The van der Waals surface area contributed by atoms with Crippen LogP contribution in [-0.2, 0) is 9.53 Å². The lowest BCUT2D eigenvalue weighted by Crippen LogP contribution is -2.27. The number of allylic oxidation sites excluding steroid dienone is 1. The number of nitrogens with one attached hydrogen (secondary N) is 2. The number of fused-ring (bicyclic) bond motifs is 1. The zero-order valence-electron chi connectivity index (χ0n) is 21.8. The molecule has 8 nitrogen and oxygen atoms in total. The predicted molar refractivity (Wildman–Crippen MR) is 144 cm³/mol. The van der Waals surface area contributed by atoms with Gasteiger partial charge in [0.25, 0.3) is 0 Å². The van der Waals surface area contributed by atoms with E-state index in [1.807, 2.05) is 48.5 Å². The van der Waals surface area contributed by atoms with Crippen molar-refractivity contribution >= 4 is 23.1 Å². The molecule has 2 aliphatic rings. The maximum Gasteiger partial charge on any atom is 0.337 e. The number of ketones is 1. The van der Waals surface area contributed by atoms with Gasteiger partial charge < -0.3 is 29.6 Å². The molecule has 0 saturated heterocycles. The summed E-state index contributed by atoms with van der Waals surface area (Å²) >= 11 is 0. The van der Waals surface area contributed by atoms with E-state index >= 15 is 0 Å². The summed E-state index contributed by atoms with van der Waals surface area (Å²) in [5.41, 5.74) is 5.60. The highest BCUT2D eigenvalue weighted by Crippen LogP contribution is 2.47. The summed E-state index contributed by atoms with van der Waals surface area (Å²) in [4.78, 5) is 25.8. The molecule has 3 aromatic rings. The number of carbonyl (C=O) groups excluding carboxylic acids is 2. The van der Waals surface area contributed by atoms with Gasteiger partial charge in [0.1, 0.15) is 0 Å². The standard InChI is InChI=1S/C30H30N2O6/c1-35-25-15-20(16-26(36-2)29(25)37-3)19-13-23-27(24(33)14-19)28(32-22-8-6-5-7-21(22)31-23)17-9-11-18(12-10-17)30(34)38-4/h5-12,15-16,19,28,31-32H,13-14H2,1-4H3. The molecule has 0 aromatic heterocycles. The van der Waals surface area contributed by atoms with Crippen LogP contribution in [0.5, 0.6) is 17.2 Å². The Balaban J connectivity index is 1.57. The molecule has 5 rings (SSSR count). The number of esters is 1. The van der Waals surface area contributed by atoms with Crippen molar-refractivity contribution in [3.05, 3.63) is 88.6 Å². The number of hydrogen-bond donors (Lipinski definition) is 2. The lowest BCUT2D eigenvalue weighted by atomic mass is 9.78. The largest absolute Gasteiger partial charge is 0.493 e. The first-order valence-corrected chi connectivity index (χ1v) is 12.3. The molecule has 196 valence electrons. The van der Waals surface area contributed by atoms with Crippen LogP contribution in [-0.4, -0.2) is 40.2 Å². The zero-order valence-corrected chi connectivity index (χ0v) is 21.8. The molecular formula is C30H30N2O6. The van der Waals surface area contributed by atoms with Gasteiger partial charge >= 0.3 is 5.97 Å². The van der Waals surface area contributed by atoms with Crippen LogP contribution in [0.4, 0.5) is 11.4 Å². The summed E-state index contributed by atoms with van der Waals surface area (Å²) in [6.07, 6.45) is 0.945. The summed E-state index contributed by atoms with van der Waals surface area (Å²) in [6.45, 7) is 0. The Kier molecular flexibility index (Phi) is 6.96. The second-order valence-corrected chi connectivity index (χ2v) is 9.24. The van der Waals surface area contributed by atoms with E-state index in [9.17, 15) is 9.59 Å². The molecule has 1 aliphatic heterocycles. The minimum absolute atomic E-state index is 0.0415. The molecule has 0 bridgehead atoms. The van der Waals surface area contributed by atoms with Crippen molar-refractivity contribution in [3.63, 3.8) is 0 Å². The van der Waals surface area contributed by atoms with Gasteiger partial charge in [-0.3, -0.25) is 4.79 Å². The molecule has 2 N–H and O–H groups in total. The number of methoxy groups -OCH3 is 4. The summed E-state index contributed by atoms with van der Waals surface area (Å²) in [7, 11) is 6.09. The van der Waals surface area contributed by atoms with E-state index in [4.69, 9.17) is 18.9 Å². The third kappa shape index (κ3) is 4.53. The monoisotopic (exact) mass is 514 g/mol. The number of hydrogen-bond acceptors (Lipinski definition) is 8. The normalized spacial score (nSPS) is 18.3. The van der Waals surface area contributed by atoms with Crippen LogP contribution in [0.25, 0.3) is 0 Å². The summed E-state index contributed by atoms with van der Waals surface area (Å²) < 4.78 is 21.4. The highest BCUT2D eigenvalue weighted by atomic mass is 16.5. The van der Waals surface area contributed by atoms with Crippen LogP contribution in [0.3, 0.4) is 0 Å². The summed E-state index contributed by atoms with van der Waals surface area (Å²) in [6, 6.07) is 18.5. The highest BCUT2D eigenvalue weighted by Gasteiger charge is 2.36. The van der Waals surface area contributed by atoms with Gasteiger partial charge in [-0.2, -0.15) is 0 Å². The van der Waals surface area contributed by atoms with Crippen LogP contribution >= 0.6 is 0 Å². The van der Waals surface area contributed by atoms with E-state index in [2.05, 4.69) is 10.6 Å². The topological polar surface area (TPSA) is 95.1 Å². The number of ether oxygens (including phenoxy) is 4. The molecule has 2 atom stereocenters. The average molecular weight is 515 g/mol. The Morgan fingerprint density at radius 1 is 0.816 bits per heavy atom. The molecule has 0 amide bonds. The predicted octanol–water partition coefficient (Wildman–Crippen LogP) is 5.48. The van der Waals surface area contributed by atoms with Gasteiger partial charge in [0.2, 0.25) is 5.75 Å². The fourth-order valence-corrected chi connectivity index (χ4v) is 5.24. The highest BCUT2D eigenvalue weighted by molar-refractivity contribution is 6.01. The van der Waals surface area contributed by atoms with Gasteiger partial charge in [-0.25, -0.2) is 4.79 Å². The van der Waals surface area contributed by atoms with E-state index in [0.29, 0.717) is 41.2 Å². The van der Waals surface area contributed by atoms with Crippen LogP contribution in [0.1, 0.15) is 46.3 Å². The quantitative estimate of drug-likeness (QED) is 0.418. The molecule has 0 radical (unpaired) electrons. The average Bonchev–Trinajstić information content (AvgIpc) is 3.13. The van der Waals surface area contributed by atoms with Gasteiger partial charge in [0.15, 0.2) is 17.3 Å². The lowest BCUT2D eigenvalue weighted by molar-refractivity contribution is -0.116. The van der Waals surface area contributed by atoms with Crippen molar-refractivity contribution in [2.24, 2.45) is 0 Å². The Hall–Kier alpha value is -4.46. The Bertz CT molecular complexity index is 1390. The molecule has 1 heterocycles. The van der Waals surface area contributed by atoms with E-state index in [1.54, 1.807) is 33.5 Å². The number of rotatable bonds is 6. The van der Waals surface area contributed by atoms with Crippen molar-refractivity contribution < 1.29 is 28.5 Å². The van der Waals surface area contributed by atoms with Crippen molar-refractivity contribution in [1.29, 1.82) is 0 Å². The molecule has 3 aromatic carbocycles. The van der Waals surface area contributed by atoms with Crippen molar-refractivity contribution in [2.45, 2.75) is 24.8 Å². The van der Waals surface area contributed by atoms with Gasteiger partial charge in [-0.15, -0.1) is 0 Å². The zero-order chi connectivity index (χ0) is 26.8. The van der Waals surface area contributed by atoms with Crippen LogP contribution in [0.2, 0.25) is 0 Å². The Morgan fingerprint density at radius 3 is 2.08 bits per heavy atom. The second kappa shape index (κ2) is 10.5. The first-order chi connectivity index (χ1) is 18.5. The van der Waals surface area contributed by atoms with Crippen LogP contribution in [0.15, 0.2) is 71.9 Å². The van der Waals surface area contributed by atoms with E-state index in [1.165, 1.54) is 7.11 Å². The number of para-hydroxylation sites is 2. The van der Waals surface area contributed by atoms with E-state index in [0.717, 1.165) is 28.2 Å². The van der Waals surface area contributed by atoms with E-state index < -0.39 is 5.97 Å². The second-order valence-electron chi connectivity index (χ2n) is 9.24. The Labute approximate surface area is 221 Å². The molecule has 1 aliphatic carbocycles. The smallest absolute Gasteiger partial charge is 0.337 e. The van der Waals surface area contributed by atoms with Crippen LogP contribution in [0, 0.1) is 0 Å². The summed E-state index contributed by atoms with van der Waals surface area (Å²) in [5, 5.41) is 7.11. The molecular weight excluding hydrogens is 484 g/mol. The summed E-state index contributed by atoms with van der Waals surface area (Å²) in [5.74, 6) is 1.17. The van der Waals surface area contributed by atoms with Gasteiger partial charge in [-0.1, -0.05) is 24.3 Å². The molecule has 0 spiro atoms. The SMILES string of the molecule is COC(=O)c1ccc(C2Nc3ccccc3NC3=C2C(=O)CC(c2cc(OC)c(OC)c(OC)c2)C3)cc1. The van der Waals surface area contributed by atoms with Gasteiger partial charge in [0.05, 0.1) is 51.4 Å². The molecule has 38 heavy (non-hydrogen) atoms. The van der Waals surface area contributed by atoms with E-state index in [-0.39, 0.29) is 17.7 Å².